The lowest BCUT2D eigenvalue weighted by Gasteiger charge is -2.32. The van der Waals surface area contributed by atoms with Crippen LogP contribution in [0.3, 0.4) is 0 Å². The number of hydrogen-bond donors (Lipinski definition) is 2. The van der Waals surface area contributed by atoms with Crippen LogP contribution in [0.2, 0.25) is 0 Å². The molecule has 15 heteroatoms. The second-order valence-electron chi connectivity index (χ2n) is 8.69. The highest BCUT2D eigenvalue weighted by molar-refractivity contribution is 7.10. The summed E-state index contributed by atoms with van der Waals surface area (Å²) in [5.74, 6) is -0.0202. The number of likely N-dealkylation sites (tertiary alicyclic amines) is 1. The minimum atomic E-state index is -4.61. The molecule has 38 heavy (non-hydrogen) atoms. The van der Waals surface area contributed by atoms with Gasteiger partial charge in [0.15, 0.2) is 5.69 Å². The number of carbonyl (C=O) groups excluding carboxylic acids is 1. The normalized spacial score (nSPS) is 16.4. The van der Waals surface area contributed by atoms with Crippen LogP contribution in [0, 0.1) is 12.8 Å². The molecule has 0 spiro atoms. The average Bonchev–Trinajstić information content (AvgIpc) is 3.23. The van der Waals surface area contributed by atoms with Crippen molar-refractivity contribution in [2.75, 3.05) is 36.9 Å². The summed E-state index contributed by atoms with van der Waals surface area (Å²) in [6, 6.07) is 3.19. The zero-order valence-electron chi connectivity index (χ0n) is 20.1. The first kappa shape index (κ1) is 27.6. The highest BCUT2D eigenvalue weighted by Crippen LogP contribution is 2.30. The highest BCUT2D eigenvalue weighted by atomic mass is 32.1. The van der Waals surface area contributed by atoms with Crippen molar-refractivity contribution >= 4 is 33.9 Å². The third-order valence-electron chi connectivity index (χ3n) is 5.73. The van der Waals surface area contributed by atoms with E-state index in [0.29, 0.717) is 43.2 Å². The molecule has 9 nitrogen and oxygen atoms in total. The largest absolute Gasteiger partial charge is 0.477 e. The SMILES string of the molecule is Cc1nsc(Nc2cnc(C(F)(F)F)cn2)c1C(=O)Nc1ccc(OC[C@@H]2CCCN(CC(F)F)C2)nc1. The predicted molar refractivity (Wildman–Crippen MR) is 130 cm³/mol. The van der Waals surface area contributed by atoms with Crippen LogP contribution >= 0.6 is 11.5 Å². The lowest BCUT2D eigenvalue weighted by atomic mass is 9.99. The number of ether oxygens (including phenoxy) is 1. The van der Waals surface area contributed by atoms with E-state index in [4.69, 9.17) is 4.74 Å². The molecule has 1 amide bonds. The first-order valence-corrected chi connectivity index (χ1v) is 12.4. The van der Waals surface area contributed by atoms with Crippen molar-refractivity contribution in [3.05, 3.63) is 47.7 Å². The molecular weight excluding hydrogens is 533 g/mol. The molecule has 0 aliphatic carbocycles. The van der Waals surface area contributed by atoms with Gasteiger partial charge in [0.2, 0.25) is 5.88 Å². The van der Waals surface area contributed by atoms with Gasteiger partial charge in [0, 0.05) is 18.5 Å². The third kappa shape index (κ3) is 7.31. The Morgan fingerprint density at radius 3 is 2.68 bits per heavy atom. The highest BCUT2D eigenvalue weighted by Gasteiger charge is 2.33. The Balaban J connectivity index is 1.33. The van der Waals surface area contributed by atoms with Gasteiger partial charge in [-0.2, -0.15) is 17.5 Å². The van der Waals surface area contributed by atoms with Gasteiger partial charge in [0.25, 0.3) is 12.3 Å². The molecule has 1 aliphatic rings. The number of nitrogens with one attached hydrogen (secondary N) is 2. The standard InChI is InChI=1S/C23H24F5N7O2S/c1-13-20(22(38-34-13)33-18-9-29-16(8-30-18)23(26,27)28)21(36)32-15-4-5-19(31-7-15)37-12-14-3-2-6-35(10-14)11-17(24)25/h4-5,7-9,14,17H,2-3,6,10-12H2,1H3,(H,30,33)(H,32,36)/t14-/m1/s1. The Hall–Kier alpha value is -3.46. The number of pyridine rings is 1. The molecule has 1 fully saturated rings. The van der Waals surface area contributed by atoms with Crippen molar-refractivity contribution in [1.29, 1.82) is 0 Å². The zero-order valence-corrected chi connectivity index (χ0v) is 21.0. The summed E-state index contributed by atoms with van der Waals surface area (Å²) in [4.78, 5) is 25.9. The lowest BCUT2D eigenvalue weighted by molar-refractivity contribution is -0.141. The summed E-state index contributed by atoms with van der Waals surface area (Å²) in [5, 5.41) is 5.77. The maximum Gasteiger partial charge on any atom is 0.434 e. The summed E-state index contributed by atoms with van der Waals surface area (Å²) >= 11 is 0.953. The van der Waals surface area contributed by atoms with E-state index >= 15 is 0 Å². The summed E-state index contributed by atoms with van der Waals surface area (Å²) < 4.78 is 73.3. The maximum absolute atomic E-state index is 12.9. The molecule has 0 aromatic carbocycles. The molecule has 1 atom stereocenters. The number of aromatic nitrogens is 4. The van der Waals surface area contributed by atoms with E-state index in [2.05, 4.69) is 30.0 Å². The molecule has 0 unspecified atom stereocenters. The number of hydrogen-bond acceptors (Lipinski definition) is 9. The van der Waals surface area contributed by atoms with E-state index in [0.717, 1.165) is 30.6 Å². The smallest absolute Gasteiger partial charge is 0.434 e. The molecule has 0 bridgehead atoms. The Bertz CT molecular complexity index is 1220. The Labute approximate surface area is 218 Å². The number of carbonyl (C=O) groups is 1. The van der Waals surface area contributed by atoms with Gasteiger partial charge in [0.1, 0.15) is 10.8 Å². The summed E-state index contributed by atoms with van der Waals surface area (Å²) in [7, 11) is 0. The van der Waals surface area contributed by atoms with Crippen LogP contribution in [-0.4, -0.2) is 62.8 Å². The molecule has 2 N–H and O–H groups in total. The number of alkyl halides is 5. The first-order chi connectivity index (χ1) is 18.1. The van der Waals surface area contributed by atoms with Crippen LogP contribution < -0.4 is 15.4 Å². The molecule has 0 saturated carbocycles. The first-order valence-electron chi connectivity index (χ1n) is 11.6. The number of nitrogens with zero attached hydrogens (tertiary/aromatic N) is 5. The maximum atomic E-state index is 12.9. The number of aryl methyl sites for hydroxylation is 1. The van der Waals surface area contributed by atoms with Crippen molar-refractivity contribution in [2.24, 2.45) is 5.92 Å². The fourth-order valence-electron chi connectivity index (χ4n) is 3.96. The van der Waals surface area contributed by atoms with Crippen molar-refractivity contribution in [3.8, 4) is 5.88 Å². The van der Waals surface area contributed by atoms with Crippen molar-refractivity contribution in [1.82, 2.24) is 24.2 Å². The van der Waals surface area contributed by atoms with E-state index in [9.17, 15) is 26.7 Å². The van der Waals surface area contributed by atoms with Gasteiger partial charge in [-0.3, -0.25) is 9.69 Å². The zero-order chi connectivity index (χ0) is 27.3. The molecule has 3 aromatic heterocycles. The van der Waals surface area contributed by atoms with Gasteiger partial charge < -0.3 is 15.4 Å². The fraction of sp³-hybridized carbons (Fsp3) is 0.435. The molecule has 0 radical (unpaired) electrons. The van der Waals surface area contributed by atoms with E-state index in [-0.39, 0.29) is 28.8 Å². The van der Waals surface area contributed by atoms with Gasteiger partial charge in [-0.05, 0) is 43.9 Å². The van der Waals surface area contributed by atoms with Gasteiger partial charge in [0.05, 0.1) is 48.7 Å². The van der Waals surface area contributed by atoms with Crippen LogP contribution in [0.1, 0.15) is 34.6 Å². The van der Waals surface area contributed by atoms with E-state index in [1.165, 1.54) is 6.20 Å². The van der Waals surface area contributed by atoms with Crippen LogP contribution in [-0.2, 0) is 6.18 Å². The second-order valence-corrected chi connectivity index (χ2v) is 9.46. The van der Waals surface area contributed by atoms with E-state index in [1.807, 2.05) is 0 Å². The molecule has 1 saturated heterocycles. The van der Waals surface area contributed by atoms with E-state index in [1.54, 1.807) is 24.0 Å². The topological polar surface area (TPSA) is 105 Å². The summed E-state index contributed by atoms with van der Waals surface area (Å²) in [5.41, 5.74) is -0.137. The van der Waals surface area contributed by atoms with Crippen LogP contribution in [0.5, 0.6) is 5.88 Å². The lowest BCUT2D eigenvalue weighted by Crippen LogP contribution is -2.40. The van der Waals surface area contributed by atoms with Gasteiger partial charge in [-0.15, -0.1) is 0 Å². The number of anilines is 3. The van der Waals surface area contributed by atoms with Crippen LogP contribution in [0.25, 0.3) is 0 Å². The van der Waals surface area contributed by atoms with Crippen LogP contribution in [0.15, 0.2) is 30.7 Å². The minimum absolute atomic E-state index is 0.0224. The van der Waals surface area contributed by atoms with Gasteiger partial charge in [-0.1, -0.05) is 0 Å². The number of halogens is 5. The quantitative estimate of drug-likeness (QED) is 0.354. The second kappa shape index (κ2) is 11.9. The molecule has 4 heterocycles. The molecule has 1 aliphatic heterocycles. The Morgan fingerprint density at radius 1 is 1.21 bits per heavy atom. The van der Waals surface area contributed by atoms with Crippen molar-refractivity contribution in [2.45, 2.75) is 32.4 Å². The van der Waals surface area contributed by atoms with Crippen molar-refractivity contribution in [3.63, 3.8) is 0 Å². The van der Waals surface area contributed by atoms with E-state index < -0.39 is 24.2 Å². The summed E-state index contributed by atoms with van der Waals surface area (Å²) in [6.45, 7) is 2.93. The number of rotatable bonds is 9. The fourth-order valence-corrected chi connectivity index (χ4v) is 4.76. The van der Waals surface area contributed by atoms with Gasteiger partial charge >= 0.3 is 6.18 Å². The minimum Gasteiger partial charge on any atom is -0.477 e. The van der Waals surface area contributed by atoms with Gasteiger partial charge in [-0.25, -0.2) is 23.7 Å². The summed E-state index contributed by atoms with van der Waals surface area (Å²) in [6.07, 6.45) is -2.32. The number of amides is 1. The van der Waals surface area contributed by atoms with Crippen molar-refractivity contribution < 1.29 is 31.5 Å². The Kier molecular flexibility index (Phi) is 8.66. The third-order valence-corrected chi connectivity index (χ3v) is 6.59. The molecule has 4 rings (SSSR count). The predicted octanol–water partition coefficient (Wildman–Crippen LogP) is 5.01. The Morgan fingerprint density at radius 2 is 2.03 bits per heavy atom. The van der Waals surface area contributed by atoms with Crippen LogP contribution in [0.4, 0.5) is 38.5 Å². The molecular formula is C23H24F5N7O2S. The monoisotopic (exact) mass is 557 g/mol. The number of piperidine rings is 1. The molecule has 204 valence electrons. The average molecular weight is 558 g/mol. The molecule has 3 aromatic rings.